The van der Waals surface area contributed by atoms with E-state index in [1.807, 2.05) is 44.6 Å². The molecule has 5 heteroatoms. The first-order valence-corrected chi connectivity index (χ1v) is 8.39. The Balaban J connectivity index is 1.88. The van der Waals surface area contributed by atoms with Gasteiger partial charge in [-0.3, -0.25) is 4.79 Å². The summed E-state index contributed by atoms with van der Waals surface area (Å²) in [6.45, 7) is 0. The molecule has 0 radical (unpaired) electrons. The molecule has 0 saturated carbocycles. The molecule has 25 heavy (non-hydrogen) atoms. The second-order valence-corrected chi connectivity index (χ2v) is 7.05. The van der Waals surface area contributed by atoms with E-state index in [2.05, 4.69) is 16.0 Å². The Bertz CT molecular complexity index is 1030. The SMILES string of the molecule is CN1C(=O)C[C@@]2(c3c[nH]c4ccccc34)c3cc(F)ccc3N(C)[C@@H]12. The number of hydrogen-bond acceptors (Lipinski definition) is 2. The number of aromatic nitrogens is 1. The highest BCUT2D eigenvalue weighted by Gasteiger charge is 2.60. The van der Waals surface area contributed by atoms with E-state index < -0.39 is 5.41 Å². The van der Waals surface area contributed by atoms with Gasteiger partial charge in [-0.1, -0.05) is 18.2 Å². The molecule has 4 nitrogen and oxygen atoms in total. The highest BCUT2D eigenvalue weighted by Crippen LogP contribution is 2.56. The first kappa shape index (κ1) is 14.5. The lowest BCUT2D eigenvalue weighted by atomic mass is 9.73. The van der Waals surface area contributed by atoms with Crippen LogP contribution in [0.25, 0.3) is 10.9 Å². The molecule has 1 fully saturated rings. The van der Waals surface area contributed by atoms with Gasteiger partial charge in [0.05, 0.1) is 5.41 Å². The molecule has 0 bridgehead atoms. The lowest BCUT2D eigenvalue weighted by Gasteiger charge is -2.34. The molecule has 5 rings (SSSR count). The number of carbonyl (C=O) groups excluding carboxylic acids is 1. The number of carbonyl (C=O) groups is 1. The van der Waals surface area contributed by atoms with Crippen LogP contribution in [0.15, 0.2) is 48.7 Å². The second kappa shape index (κ2) is 4.63. The molecule has 2 aliphatic rings. The van der Waals surface area contributed by atoms with Gasteiger partial charge in [0.15, 0.2) is 0 Å². The van der Waals surface area contributed by atoms with Crippen LogP contribution in [0.5, 0.6) is 0 Å². The van der Waals surface area contributed by atoms with Gasteiger partial charge in [0.25, 0.3) is 0 Å². The maximum Gasteiger partial charge on any atom is 0.225 e. The molecule has 2 aliphatic heterocycles. The molecule has 1 aromatic heterocycles. The van der Waals surface area contributed by atoms with Crippen LogP contribution < -0.4 is 4.90 Å². The van der Waals surface area contributed by atoms with Crippen LogP contribution in [-0.4, -0.2) is 36.1 Å². The van der Waals surface area contributed by atoms with Gasteiger partial charge >= 0.3 is 0 Å². The minimum Gasteiger partial charge on any atom is -0.361 e. The van der Waals surface area contributed by atoms with Crippen molar-refractivity contribution in [3.63, 3.8) is 0 Å². The average Bonchev–Trinajstić information content (AvgIpc) is 3.21. The lowest BCUT2D eigenvalue weighted by Crippen LogP contribution is -2.47. The standard InChI is InChI=1S/C20H18FN3O/c1-23-17-8-7-12(21)9-14(17)20(10-18(25)24(2)19(20)23)15-11-22-16-6-4-3-5-13(15)16/h3-9,11,19,22H,10H2,1-2H3/t19-,20-/m0/s1. The molecule has 1 saturated heterocycles. The third kappa shape index (κ3) is 1.63. The van der Waals surface area contributed by atoms with Crippen molar-refractivity contribution in [1.29, 1.82) is 0 Å². The summed E-state index contributed by atoms with van der Waals surface area (Å²) in [5.41, 5.74) is 3.39. The second-order valence-electron chi connectivity index (χ2n) is 7.05. The van der Waals surface area contributed by atoms with E-state index in [0.717, 1.165) is 27.7 Å². The third-order valence-electron chi connectivity index (χ3n) is 5.89. The van der Waals surface area contributed by atoms with Crippen LogP contribution in [0.4, 0.5) is 10.1 Å². The topological polar surface area (TPSA) is 39.3 Å². The molecular formula is C20H18FN3O. The number of para-hydroxylation sites is 1. The first-order chi connectivity index (χ1) is 12.0. The maximum absolute atomic E-state index is 14.1. The zero-order valence-electron chi connectivity index (χ0n) is 14.1. The predicted octanol–water partition coefficient (Wildman–Crippen LogP) is 3.23. The van der Waals surface area contributed by atoms with Crippen molar-refractivity contribution >= 4 is 22.5 Å². The number of nitrogens with one attached hydrogen (secondary N) is 1. The number of benzene rings is 2. The number of likely N-dealkylation sites (N-methyl/N-ethyl adjacent to an activating group) is 2. The van der Waals surface area contributed by atoms with Crippen molar-refractivity contribution in [2.45, 2.75) is 18.0 Å². The zero-order valence-corrected chi connectivity index (χ0v) is 14.1. The lowest BCUT2D eigenvalue weighted by molar-refractivity contribution is -0.127. The third-order valence-corrected chi connectivity index (χ3v) is 5.89. The molecule has 126 valence electrons. The average molecular weight is 335 g/mol. The number of likely N-dealkylation sites (tertiary alicyclic amines) is 1. The number of aromatic amines is 1. The number of H-pyrrole nitrogens is 1. The highest BCUT2D eigenvalue weighted by molar-refractivity contribution is 5.92. The summed E-state index contributed by atoms with van der Waals surface area (Å²) in [7, 11) is 3.81. The summed E-state index contributed by atoms with van der Waals surface area (Å²) in [5.74, 6) is -0.189. The normalized spacial score (nSPS) is 24.9. The fourth-order valence-corrected chi connectivity index (χ4v) is 4.87. The Morgan fingerprint density at radius 1 is 1.12 bits per heavy atom. The Morgan fingerprint density at radius 2 is 1.92 bits per heavy atom. The minimum absolute atomic E-state index is 0.0806. The number of nitrogens with zero attached hydrogens (tertiary/aromatic N) is 2. The molecule has 2 aromatic carbocycles. The van der Waals surface area contributed by atoms with E-state index in [1.54, 1.807) is 11.0 Å². The van der Waals surface area contributed by atoms with Crippen molar-refractivity contribution < 1.29 is 9.18 Å². The van der Waals surface area contributed by atoms with Crippen LogP contribution in [-0.2, 0) is 10.2 Å². The van der Waals surface area contributed by atoms with Crippen LogP contribution in [0, 0.1) is 5.82 Å². The smallest absolute Gasteiger partial charge is 0.225 e. The van der Waals surface area contributed by atoms with Crippen LogP contribution >= 0.6 is 0 Å². The summed E-state index contributed by atoms with van der Waals surface area (Å²) < 4.78 is 14.1. The van der Waals surface area contributed by atoms with Gasteiger partial charge in [-0.15, -0.1) is 0 Å². The van der Waals surface area contributed by atoms with Crippen LogP contribution in [0.2, 0.25) is 0 Å². The Labute approximate surface area is 144 Å². The number of rotatable bonds is 1. The van der Waals surface area contributed by atoms with Crippen molar-refractivity contribution in [1.82, 2.24) is 9.88 Å². The van der Waals surface area contributed by atoms with Crippen molar-refractivity contribution in [3.05, 3.63) is 65.6 Å². The van der Waals surface area contributed by atoms with Crippen LogP contribution in [0.3, 0.4) is 0 Å². The number of halogens is 1. The first-order valence-electron chi connectivity index (χ1n) is 8.39. The largest absolute Gasteiger partial charge is 0.361 e. The molecule has 0 spiro atoms. The van der Waals surface area contributed by atoms with Gasteiger partial charge in [-0.2, -0.15) is 0 Å². The van der Waals surface area contributed by atoms with Crippen molar-refractivity contribution in [3.8, 4) is 0 Å². The number of amides is 1. The van der Waals surface area contributed by atoms with Crippen LogP contribution in [0.1, 0.15) is 17.5 Å². The Kier molecular flexibility index (Phi) is 2.69. The molecule has 0 aliphatic carbocycles. The van der Waals surface area contributed by atoms with E-state index >= 15 is 0 Å². The summed E-state index contributed by atoms with van der Waals surface area (Å²) in [4.78, 5) is 19.9. The van der Waals surface area contributed by atoms with E-state index in [9.17, 15) is 9.18 Å². The molecule has 0 unspecified atom stereocenters. The van der Waals surface area contributed by atoms with Gasteiger partial charge < -0.3 is 14.8 Å². The minimum atomic E-state index is -0.572. The molecule has 3 aromatic rings. The molecule has 1 amide bonds. The Hall–Kier alpha value is -2.82. The van der Waals surface area contributed by atoms with Gasteiger partial charge in [0.2, 0.25) is 5.91 Å². The zero-order chi connectivity index (χ0) is 17.3. The van der Waals surface area contributed by atoms with Gasteiger partial charge in [0, 0.05) is 43.3 Å². The number of anilines is 1. The maximum atomic E-state index is 14.1. The fraction of sp³-hybridized carbons (Fsp3) is 0.250. The van der Waals surface area contributed by atoms with Gasteiger partial charge in [-0.25, -0.2) is 4.39 Å². The van der Waals surface area contributed by atoms with E-state index in [-0.39, 0.29) is 17.9 Å². The fourth-order valence-electron chi connectivity index (χ4n) is 4.87. The monoisotopic (exact) mass is 335 g/mol. The molecule has 2 atom stereocenters. The predicted molar refractivity (Wildman–Crippen MR) is 95.1 cm³/mol. The summed E-state index contributed by atoms with van der Waals surface area (Å²) in [6.07, 6.45) is 2.17. The van der Waals surface area contributed by atoms with Gasteiger partial charge in [-0.05, 0) is 35.4 Å². The van der Waals surface area contributed by atoms with Crippen molar-refractivity contribution in [2.75, 3.05) is 19.0 Å². The highest BCUT2D eigenvalue weighted by atomic mass is 19.1. The molecule has 3 heterocycles. The number of hydrogen-bond donors (Lipinski definition) is 1. The number of fused-ring (bicyclic) bond motifs is 4. The van der Waals surface area contributed by atoms with E-state index in [0.29, 0.717) is 6.42 Å². The van der Waals surface area contributed by atoms with E-state index in [1.165, 1.54) is 6.07 Å². The van der Waals surface area contributed by atoms with E-state index in [4.69, 9.17) is 0 Å². The quantitative estimate of drug-likeness (QED) is 0.742. The van der Waals surface area contributed by atoms with Crippen molar-refractivity contribution in [2.24, 2.45) is 0 Å². The van der Waals surface area contributed by atoms with Gasteiger partial charge in [0.1, 0.15) is 12.0 Å². The molecule has 1 N–H and O–H groups in total. The summed E-state index contributed by atoms with van der Waals surface area (Å²) >= 11 is 0. The summed E-state index contributed by atoms with van der Waals surface area (Å²) in [6, 6.07) is 13.0. The Morgan fingerprint density at radius 3 is 2.76 bits per heavy atom. The molecular weight excluding hydrogens is 317 g/mol. The summed E-state index contributed by atoms with van der Waals surface area (Å²) in [5, 5.41) is 1.08.